The number of hydrogen-bond donors (Lipinski definition) is 1. The largest absolute Gasteiger partial charge is 0.354 e. The minimum Gasteiger partial charge on any atom is -0.354 e. The Labute approximate surface area is 113 Å². The molecule has 1 atom stereocenters. The number of unbranched alkanes of at least 4 members (excludes halogenated alkanes) is 1. The molecular weight excluding hydrogens is 242 g/mol. The molecule has 1 amide bonds. The van der Waals surface area contributed by atoms with Gasteiger partial charge in [0.2, 0.25) is 5.91 Å². The van der Waals surface area contributed by atoms with Crippen molar-refractivity contribution in [3.05, 3.63) is 27.7 Å². The highest BCUT2D eigenvalue weighted by molar-refractivity contribution is 5.79. The molecule has 1 aromatic heterocycles. The van der Waals surface area contributed by atoms with E-state index in [1.807, 2.05) is 0 Å². The lowest BCUT2D eigenvalue weighted by Crippen LogP contribution is -2.37. The van der Waals surface area contributed by atoms with Gasteiger partial charge in [0.1, 0.15) is 6.04 Å². The summed E-state index contributed by atoms with van der Waals surface area (Å²) in [6.07, 6.45) is 4.86. The number of amides is 1. The number of rotatable bonds is 5. The van der Waals surface area contributed by atoms with E-state index in [4.69, 9.17) is 0 Å². The third kappa shape index (κ3) is 3.03. The van der Waals surface area contributed by atoms with Crippen molar-refractivity contribution < 1.29 is 4.79 Å². The van der Waals surface area contributed by atoms with Gasteiger partial charge in [-0.25, -0.2) is 4.68 Å². The van der Waals surface area contributed by atoms with Crippen LogP contribution < -0.4 is 10.9 Å². The predicted octanol–water partition coefficient (Wildman–Crippen LogP) is 1.21. The van der Waals surface area contributed by atoms with Gasteiger partial charge in [-0.3, -0.25) is 9.59 Å². The number of fused-ring (bicyclic) bond motifs is 1. The van der Waals surface area contributed by atoms with E-state index in [9.17, 15) is 9.59 Å². The molecule has 0 fully saturated rings. The Morgan fingerprint density at radius 1 is 1.53 bits per heavy atom. The molecule has 104 valence electrons. The number of hydrogen-bond acceptors (Lipinski definition) is 3. The fraction of sp³-hybridized carbons (Fsp3) is 0.643. The molecule has 2 rings (SSSR count). The van der Waals surface area contributed by atoms with Gasteiger partial charge in [-0.15, -0.1) is 0 Å². The topological polar surface area (TPSA) is 64.0 Å². The first-order valence-electron chi connectivity index (χ1n) is 7.02. The number of nitrogens with zero attached hydrogens (tertiary/aromatic N) is 2. The van der Waals surface area contributed by atoms with Crippen LogP contribution in [-0.2, 0) is 17.6 Å². The van der Waals surface area contributed by atoms with Gasteiger partial charge in [0.05, 0.1) is 5.69 Å². The van der Waals surface area contributed by atoms with E-state index >= 15 is 0 Å². The number of carbonyl (C=O) groups excluding carboxylic acids is 1. The second-order valence-corrected chi connectivity index (χ2v) is 5.07. The second-order valence-electron chi connectivity index (χ2n) is 5.07. The summed E-state index contributed by atoms with van der Waals surface area (Å²) in [5, 5.41) is 7.18. The van der Waals surface area contributed by atoms with Crippen molar-refractivity contribution in [3.63, 3.8) is 0 Å². The van der Waals surface area contributed by atoms with Gasteiger partial charge >= 0.3 is 0 Å². The Morgan fingerprint density at radius 2 is 2.32 bits per heavy atom. The molecule has 5 nitrogen and oxygen atoms in total. The summed E-state index contributed by atoms with van der Waals surface area (Å²) in [5.41, 5.74) is 1.83. The van der Waals surface area contributed by atoms with Crippen LogP contribution in [0.5, 0.6) is 0 Å². The highest BCUT2D eigenvalue weighted by atomic mass is 16.2. The molecule has 5 heteroatoms. The second kappa shape index (κ2) is 5.99. The van der Waals surface area contributed by atoms with Gasteiger partial charge in [-0.2, -0.15) is 5.10 Å². The van der Waals surface area contributed by atoms with Crippen molar-refractivity contribution in [2.75, 3.05) is 6.54 Å². The molecule has 0 aliphatic heterocycles. The standard InChI is InChI=1S/C14H21N3O2/c1-3-4-8-15-14(19)10(2)17-13(18)9-11-6-5-7-12(11)16-17/h9-10H,3-8H2,1-2H3,(H,15,19). The van der Waals surface area contributed by atoms with Crippen LogP contribution in [0.3, 0.4) is 0 Å². The average Bonchev–Trinajstić information content (AvgIpc) is 2.84. The van der Waals surface area contributed by atoms with Gasteiger partial charge in [-0.05, 0) is 38.2 Å². The Balaban J connectivity index is 2.13. The lowest BCUT2D eigenvalue weighted by Gasteiger charge is -2.14. The van der Waals surface area contributed by atoms with Gasteiger partial charge < -0.3 is 5.32 Å². The Kier molecular flexibility index (Phi) is 4.35. The van der Waals surface area contributed by atoms with Crippen molar-refractivity contribution >= 4 is 5.91 Å². The molecule has 19 heavy (non-hydrogen) atoms. The number of nitrogens with one attached hydrogen (secondary N) is 1. The third-order valence-electron chi connectivity index (χ3n) is 3.56. The molecule has 1 N–H and O–H groups in total. The van der Waals surface area contributed by atoms with Crippen molar-refractivity contribution in [1.29, 1.82) is 0 Å². The fourth-order valence-corrected chi connectivity index (χ4v) is 2.34. The molecule has 0 spiro atoms. The van der Waals surface area contributed by atoms with Gasteiger partial charge in [0, 0.05) is 12.6 Å². The first kappa shape index (κ1) is 13.8. The van der Waals surface area contributed by atoms with E-state index in [2.05, 4.69) is 17.3 Å². The van der Waals surface area contributed by atoms with Crippen LogP contribution in [0, 0.1) is 0 Å². The zero-order valence-electron chi connectivity index (χ0n) is 11.6. The van der Waals surface area contributed by atoms with Crippen LogP contribution in [-0.4, -0.2) is 22.2 Å². The molecule has 1 unspecified atom stereocenters. The summed E-state index contributed by atoms with van der Waals surface area (Å²) in [6.45, 7) is 4.44. The summed E-state index contributed by atoms with van der Waals surface area (Å²) in [4.78, 5) is 23.9. The van der Waals surface area contributed by atoms with Crippen molar-refractivity contribution in [2.45, 2.75) is 52.0 Å². The predicted molar refractivity (Wildman–Crippen MR) is 73.2 cm³/mol. The van der Waals surface area contributed by atoms with E-state index in [0.717, 1.165) is 43.4 Å². The summed E-state index contributed by atoms with van der Waals surface area (Å²) in [5.74, 6) is -0.138. The molecule has 0 radical (unpaired) electrons. The van der Waals surface area contributed by atoms with Gasteiger partial charge in [-0.1, -0.05) is 13.3 Å². The average molecular weight is 263 g/mol. The molecule has 1 aliphatic carbocycles. The van der Waals surface area contributed by atoms with E-state index in [1.54, 1.807) is 13.0 Å². The Bertz CT molecular complexity index is 522. The maximum absolute atomic E-state index is 12.0. The van der Waals surface area contributed by atoms with E-state index in [0.29, 0.717) is 6.54 Å². The normalized spacial score (nSPS) is 15.1. The maximum Gasteiger partial charge on any atom is 0.267 e. The summed E-state index contributed by atoms with van der Waals surface area (Å²) in [6, 6.07) is 1.08. The van der Waals surface area contributed by atoms with E-state index in [-0.39, 0.29) is 11.5 Å². The molecule has 0 saturated carbocycles. The summed E-state index contributed by atoms with van der Waals surface area (Å²) >= 11 is 0. The van der Waals surface area contributed by atoms with Crippen LogP contribution in [0.25, 0.3) is 0 Å². The number of aromatic nitrogens is 2. The maximum atomic E-state index is 12.0. The van der Waals surface area contributed by atoms with Crippen molar-refractivity contribution in [3.8, 4) is 0 Å². The van der Waals surface area contributed by atoms with Crippen LogP contribution >= 0.6 is 0 Å². The minimum absolute atomic E-state index is 0.138. The van der Waals surface area contributed by atoms with E-state index < -0.39 is 6.04 Å². The van der Waals surface area contributed by atoms with Crippen molar-refractivity contribution in [1.82, 2.24) is 15.1 Å². The molecule has 1 aliphatic rings. The van der Waals surface area contributed by atoms with E-state index in [1.165, 1.54) is 4.68 Å². The molecule has 1 aromatic rings. The van der Waals surface area contributed by atoms with Crippen LogP contribution in [0.1, 0.15) is 50.4 Å². The summed E-state index contributed by atoms with van der Waals surface area (Å²) < 4.78 is 1.31. The first-order chi connectivity index (χ1) is 9.13. The molecule has 0 saturated heterocycles. The summed E-state index contributed by atoms with van der Waals surface area (Å²) in [7, 11) is 0. The monoisotopic (exact) mass is 263 g/mol. The Hall–Kier alpha value is -1.65. The SMILES string of the molecule is CCCCNC(=O)C(C)n1nc2c(cc1=O)CCC2. The lowest BCUT2D eigenvalue weighted by molar-refractivity contribution is -0.124. The fourth-order valence-electron chi connectivity index (χ4n) is 2.34. The van der Waals surface area contributed by atoms with Gasteiger partial charge in [0.15, 0.2) is 0 Å². The highest BCUT2D eigenvalue weighted by Gasteiger charge is 2.20. The first-order valence-corrected chi connectivity index (χ1v) is 7.02. The smallest absolute Gasteiger partial charge is 0.267 e. The number of carbonyl (C=O) groups is 1. The zero-order chi connectivity index (χ0) is 13.8. The number of aryl methyl sites for hydroxylation is 2. The quantitative estimate of drug-likeness (QED) is 0.812. The van der Waals surface area contributed by atoms with Crippen LogP contribution in [0.4, 0.5) is 0 Å². The molecule has 0 bridgehead atoms. The zero-order valence-corrected chi connectivity index (χ0v) is 11.6. The third-order valence-corrected chi connectivity index (χ3v) is 3.56. The molecule has 0 aromatic carbocycles. The minimum atomic E-state index is -0.546. The van der Waals surface area contributed by atoms with Crippen molar-refractivity contribution in [2.24, 2.45) is 0 Å². The Morgan fingerprint density at radius 3 is 3.05 bits per heavy atom. The molecular formula is C14H21N3O2. The molecule has 1 heterocycles. The van der Waals surface area contributed by atoms with Crippen LogP contribution in [0.2, 0.25) is 0 Å². The van der Waals surface area contributed by atoms with Crippen LogP contribution in [0.15, 0.2) is 10.9 Å². The van der Waals surface area contributed by atoms with Gasteiger partial charge in [0.25, 0.3) is 5.56 Å². The lowest BCUT2D eigenvalue weighted by atomic mass is 10.2. The highest BCUT2D eigenvalue weighted by Crippen LogP contribution is 2.17.